The molecule has 3 aromatic heterocycles. The Labute approximate surface area is 200 Å². The molecule has 35 heavy (non-hydrogen) atoms. The summed E-state index contributed by atoms with van der Waals surface area (Å²) in [7, 11) is -2.12. The summed E-state index contributed by atoms with van der Waals surface area (Å²) in [5.41, 5.74) is 2.03. The van der Waals surface area contributed by atoms with Crippen LogP contribution in [0.25, 0.3) is 11.0 Å². The molecule has 0 saturated carbocycles. The number of carbonyl (C=O) groups excluding carboxylic acids is 1. The van der Waals surface area contributed by atoms with Gasteiger partial charge >= 0.3 is 0 Å². The normalized spacial score (nSPS) is 11.3. The minimum absolute atomic E-state index is 0.122. The fourth-order valence-electron chi connectivity index (χ4n) is 3.37. The zero-order valence-corrected chi connectivity index (χ0v) is 19.9. The van der Waals surface area contributed by atoms with Crippen LogP contribution in [0.3, 0.4) is 0 Å². The Hall–Kier alpha value is -4.26. The topological polar surface area (TPSA) is 145 Å². The molecule has 0 unspecified atom stereocenters. The van der Waals surface area contributed by atoms with Crippen molar-refractivity contribution in [1.29, 1.82) is 0 Å². The molecule has 1 aromatic carbocycles. The average Bonchev–Trinajstić information content (AvgIpc) is 3.17. The van der Waals surface area contributed by atoms with Gasteiger partial charge in [-0.2, -0.15) is 9.97 Å². The smallest absolute Gasteiger partial charge is 0.233 e. The molecule has 1 amide bonds. The highest BCUT2D eigenvalue weighted by Gasteiger charge is 2.19. The highest BCUT2D eigenvalue weighted by atomic mass is 32.2. The zero-order valence-electron chi connectivity index (χ0n) is 19.1. The van der Waals surface area contributed by atoms with Gasteiger partial charge in [0.2, 0.25) is 21.9 Å². The molecule has 0 aliphatic carbocycles. The minimum atomic E-state index is -3.53. The van der Waals surface area contributed by atoms with Gasteiger partial charge in [0.05, 0.1) is 11.6 Å². The molecule has 3 heterocycles. The van der Waals surface area contributed by atoms with Crippen LogP contribution >= 0.6 is 0 Å². The molecule has 4 rings (SSSR count). The van der Waals surface area contributed by atoms with Gasteiger partial charge in [-0.1, -0.05) is 12.1 Å². The SMILES string of the molecule is CC(=O)Nc1cccc(Nc2nc(NCc3cccnc3N(C)S(C)(=O)=O)c3c(F)c[nH]c3n2)c1. The van der Waals surface area contributed by atoms with E-state index in [0.717, 1.165) is 10.6 Å². The Morgan fingerprint density at radius 3 is 2.69 bits per heavy atom. The van der Waals surface area contributed by atoms with E-state index < -0.39 is 15.8 Å². The Balaban J connectivity index is 1.64. The fourth-order valence-corrected chi connectivity index (χ4v) is 3.85. The summed E-state index contributed by atoms with van der Waals surface area (Å²) >= 11 is 0. The molecule has 11 nitrogen and oxygen atoms in total. The van der Waals surface area contributed by atoms with E-state index in [9.17, 15) is 17.6 Å². The maximum atomic E-state index is 14.5. The Kier molecular flexibility index (Phi) is 6.51. The van der Waals surface area contributed by atoms with Gasteiger partial charge in [-0.15, -0.1) is 0 Å². The number of aromatic amines is 1. The number of nitrogens with one attached hydrogen (secondary N) is 4. The van der Waals surface area contributed by atoms with Gasteiger partial charge in [0.25, 0.3) is 0 Å². The Morgan fingerprint density at radius 1 is 1.17 bits per heavy atom. The van der Waals surface area contributed by atoms with Crippen LogP contribution in [0.1, 0.15) is 12.5 Å². The number of H-pyrrole nitrogens is 1. The van der Waals surface area contributed by atoms with Gasteiger partial charge in [0, 0.05) is 49.8 Å². The number of sulfonamides is 1. The zero-order chi connectivity index (χ0) is 25.2. The quantitative estimate of drug-likeness (QED) is 0.290. The van der Waals surface area contributed by atoms with E-state index in [2.05, 4.69) is 35.9 Å². The molecule has 0 atom stereocenters. The van der Waals surface area contributed by atoms with Gasteiger partial charge in [-0.05, 0) is 24.3 Å². The van der Waals surface area contributed by atoms with E-state index >= 15 is 0 Å². The standard InChI is InChI=1S/C22H23FN8O3S/c1-13(32)27-15-7-4-8-16(10-15)28-22-29-19(18-17(23)12-26-20(18)30-22)25-11-14-6-5-9-24-21(14)31(2)35(3,33)34/h4-10,12H,11H2,1-3H3,(H,27,32)(H3,25,26,28,29,30). The van der Waals surface area contributed by atoms with Crippen molar-refractivity contribution in [3.63, 3.8) is 0 Å². The Morgan fingerprint density at radius 2 is 1.94 bits per heavy atom. The third-order valence-electron chi connectivity index (χ3n) is 5.03. The van der Waals surface area contributed by atoms with Crippen LogP contribution in [0, 0.1) is 5.82 Å². The summed E-state index contributed by atoms with van der Waals surface area (Å²) < 4.78 is 39.6. The number of anilines is 5. The minimum Gasteiger partial charge on any atom is -0.365 e. The molecule has 0 aliphatic rings. The summed E-state index contributed by atoms with van der Waals surface area (Å²) in [5, 5.41) is 8.98. The van der Waals surface area contributed by atoms with Crippen molar-refractivity contribution in [2.24, 2.45) is 0 Å². The molecular formula is C22H23FN8O3S. The van der Waals surface area contributed by atoms with Crippen LogP contribution in [-0.2, 0) is 21.4 Å². The number of hydrogen-bond acceptors (Lipinski definition) is 8. The molecule has 0 saturated heterocycles. The third kappa shape index (κ3) is 5.46. The van der Waals surface area contributed by atoms with Gasteiger partial charge in [-0.25, -0.2) is 17.8 Å². The van der Waals surface area contributed by atoms with Crippen LogP contribution in [-0.4, -0.2) is 47.6 Å². The van der Waals surface area contributed by atoms with E-state index in [4.69, 9.17) is 0 Å². The van der Waals surface area contributed by atoms with Crippen molar-refractivity contribution < 1.29 is 17.6 Å². The van der Waals surface area contributed by atoms with Crippen molar-refractivity contribution in [3.05, 3.63) is 60.2 Å². The monoisotopic (exact) mass is 498 g/mol. The van der Waals surface area contributed by atoms with E-state index in [1.165, 1.54) is 26.4 Å². The van der Waals surface area contributed by atoms with Crippen LogP contribution in [0.15, 0.2) is 48.8 Å². The van der Waals surface area contributed by atoms with Crippen LogP contribution in [0.4, 0.5) is 33.3 Å². The summed E-state index contributed by atoms with van der Waals surface area (Å²) in [6.07, 6.45) is 3.76. The summed E-state index contributed by atoms with van der Waals surface area (Å²) in [5.74, 6) is -0.117. The van der Waals surface area contributed by atoms with Gasteiger partial charge in [0.15, 0.2) is 5.82 Å². The maximum absolute atomic E-state index is 14.5. The molecule has 0 radical (unpaired) electrons. The molecule has 0 bridgehead atoms. The van der Waals surface area contributed by atoms with Gasteiger partial charge in [-0.3, -0.25) is 9.10 Å². The number of carbonyl (C=O) groups is 1. The molecule has 0 spiro atoms. The fraction of sp³-hybridized carbons (Fsp3) is 0.182. The summed E-state index contributed by atoms with van der Waals surface area (Å²) in [6, 6.07) is 10.4. The summed E-state index contributed by atoms with van der Waals surface area (Å²) in [6.45, 7) is 1.54. The first-order valence-corrected chi connectivity index (χ1v) is 12.3. The number of amides is 1. The molecule has 0 fully saturated rings. The predicted molar refractivity (Wildman–Crippen MR) is 133 cm³/mol. The number of nitrogens with zero attached hydrogens (tertiary/aromatic N) is 4. The molecule has 182 valence electrons. The molecule has 4 aromatic rings. The number of rotatable bonds is 8. The second kappa shape index (κ2) is 9.54. The lowest BCUT2D eigenvalue weighted by molar-refractivity contribution is -0.114. The van der Waals surface area contributed by atoms with Crippen molar-refractivity contribution in [2.75, 3.05) is 33.6 Å². The lowest BCUT2D eigenvalue weighted by Crippen LogP contribution is -2.27. The van der Waals surface area contributed by atoms with Gasteiger partial charge in [0.1, 0.15) is 17.3 Å². The van der Waals surface area contributed by atoms with E-state index in [-0.39, 0.29) is 41.1 Å². The third-order valence-corrected chi connectivity index (χ3v) is 6.20. The van der Waals surface area contributed by atoms with E-state index in [1.807, 2.05) is 0 Å². The number of pyridine rings is 1. The lowest BCUT2D eigenvalue weighted by Gasteiger charge is -2.19. The average molecular weight is 499 g/mol. The van der Waals surface area contributed by atoms with Gasteiger partial charge < -0.3 is 20.9 Å². The molecule has 0 aliphatic heterocycles. The highest BCUT2D eigenvalue weighted by molar-refractivity contribution is 7.92. The summed E-state index contributed by atoms with van der Waals surface area (Å²) in [4.78, 5) is 27.1. The molecule has 13 heteroatoms. The number of aromatic nitrogens is 4. The molecule has 4 N–H and O–H groups in total. The van der Waals surface area contributed by atoms with Crippen LogP contribution in [0.2, 0.25) is 0 Å². The lowest BCUT2D eigenvalue weighted by atomic mass is 10.2. The van der Waals surface area contributed by atoms with Crippen molar-refractivity contribution in [2.45, 2.75) is 13.5 Å². The first-order chi connectivity index (χ1) is 16.6. The van der Waals surface area contributed by atoms with E-state index in [1.54, 1.807) is 36.4 Å². The first-order valence-electron chi connectivity index (χ1n) is 10.4. The van der Waals surface area contributed by atoms with Crippen molar-refractivity contribution in [3.8, 4) is 0 Å². The van der Waals surface area contributed by atoms with Crippen LogP contribution in [0.5, 0.6) is 0 Å². The number of halogens is 1. The maximum Gasteiger partial charge on any atom is 0.233 e. The van der Waals surface area contributed by atoms with Crippen LogP contribution < -0.4 is 20.3 Å². The Bertz CT molecular complexity index is 1510. The van der Waals surface area contributed by atoms with E-state index in [0.29, 0.717) is 16.9 Å². The highest BCUT2D eigenvalue weighted by Crippen LogP contribution is 2.28. The largest absolute Gasteiger partial charge is 0.365 e. The number of hydrogen-bond donors (Lipinski definition) is 4. The predicted octanol–water partition coefficient (Wildman–Crippen LogP) is 3.20. The van der Waals surface area contributed by atoms with Crippen molar-refractivity contribution in [1.82, 2.24) is 19.9 Å². The van der Waals surface area contributed by atoms with Crippen molar-refractivity contribution >= 4 is 55.9 Å². The first kappa shape index (κ1) is 23.9. The number of fused-ring (bicyclic) bond motifs is 1. The second-order valence-electron chi connectivity index (χ2n) is 7.71. The number of benzene rings is 1. The molecular weight excluding hydrogens is 475 g/mol. The second-order valence-corrected chi connectivity index (χ2v) is 9.73.